The molecule has 27 heavy (non-hydrogen) atoms. The highest BCUT2D eigenvalue weighted by Gasteiger charge is 2.30. The molecule has 0 spiro atoms. The minimum Gasteiger partial charge on any atom is -0.507 e. The number of benzene rings is 2. The molecule has 0 aliphatic rings. The van der Waals surface area contributed by atoms with Gasteiger partial charge in [0, 0.05) is 17.5 Å². The predicted molar refractivity (Wildman–Crippen MR) is 97.7 cm³/mol. The first-order chi connectivity index (χ1) is 13.0. The van der Waals surface area contributed by atoms with Crippen molar-refractivity contribution in [2.75, 3.05) is 27.4 Å². The minimum atomic E-state index is -1.31. The van der Waals surface area contributed by atoms with Crippen molar-refractivity contribution in [3.63, 3.8) is 0 Å². The molecule has 8 heteroatoms. The summed E-state index contributed by atoms with van der Waals surface area (Å²) >= 11 is 0. The van der Waals surface area contributed by atoms with Gasteiger partial charge in [-0.2, -0.15) is 0 Å². The number of methoxy groups -OCH3 is 2. The quantitative estimate of drug-likeness (QED) is 0.471. The number of phenolic OH excluding ortho intramolecular Hbond substituents is 1. The fraction of sp³-hybridized carbons (Fsp3) is 0.316. The number of phenols is 1. The van der Waals surface area contributed by atoms with Gasteiger partial charge in [0.25, 0.3) is 0 Å². The molecular formula is C19H20O8. The Labute approximate surface area is 153 Å². The van der Waals surface area contributed by atoms with Gasteiger partial charge < -0.3 is 34.3 Å². The molecular weight excluding hydrogens is 356 g/mol. The number of hydrogen-bond acceptors (Lipinski definition) is 8. The Kier molecular flexibility index (Phi) is 5.22. The van der Waals surface area contributed by atoms with Crippen molar-refractivity contribution in [2.24, 2.45) is 0 Å². The van der Waals surface area contributed by atoms with Gasteiger partial charge in [0.2, 0.25) is 5.43 Å². The van der Waals surface area contributed by atoms with E-state index in [1.807, 2.05) is 0 Å². The monoisotopic (exact) mass is 376 g/mol. The third-order valence-corrected chi connectivity index (χ3v) is 4.57. The fourth-order valence-corrected chi connectivity index (χ4v) is 3.23. The number of hydrogen-bond donors (Lipinski definition) is 4. The molecule has 3 aromatic rings. The van der Waals surface area contributed by atoms with Gasteiger partial charge in [-0.3, -0.25) is 4.79 Å². The van der Waals surface area contributed by atoms with Crippen molar-refractivity contribution in [3.05, 3.63) is 40.1 Å². The van der Waals surface area contributed by atoms with E-state index in [4.69, 9.17) is 13.9 Å². The highest BCUT2D eigenvalue weighted by atomic mass is 16.5. The highest BCUT2D eigenvalue weighted by molar-refractivity contribution is 5.98. The second-order valence-electron chi connectivity index (χ2n) is 6.02. The van der Waals surface area contributed by atoms with Gasteiger partial charge in [-0.25, -0.2) is 0 Å². The van der Waals surface area contributed by atoms with E-state index in [1.54, 1.807) is 0 Å². The van der Waals surface area contributed by atoms with Crippen LogP contribution in [0.5, 0.6) is 17.2 Å². The SMILES string of the molecule is COc1cc(OC)c2c(=O)c3c(O)cccc3oc2c1[C@H](CO)[C@H](O)CO. The third-order valence-electron chi connectivity index (χ3n) is 4.57. The van der Waals surface area contributed by atoms with Crippen molar-refractivity contribution in [3.8, 4) is 17.2 Å². The zero-order chi connectivity index (χ0) is 19.7. The van der Waals surface area contributed by atoms with Crippen molar-refractivity contribution in [1.82, 2.24) is 0 Å². The molecule has 1 heterocycles. The number of aromatic hydroxyl groups is 1. The summed E-state index contributed by atoms with van der Waals surface area (Å²) in [5.41, 5.74) is -0.139. The zero-order valence-electron chi connectivity index (χ0n) is 14.8. The van der Waals surface area contributed by atoms with Crippen LogP contribution in [0.25, 0.3) is 21.9 Å². The molecule has 0 unspecified atom stereocenters. The lowest BCUT2D eigenvalue weighted by Gasteiger charge is -2.23. The van der Waals surface area contributed by atoms with Gasteiger partial charge in [-0.05, 0) is 12.1 Å². The molecule has 0 bridgehead atoms. The van der Waals surface area contributed by atoms with Crippen LogP contribution in [-0.2, 0) is 0 Å². The van der Waals surface area contributed by atoms with Crippen molar-refractivity contribution in [1.29, 1.82) is 0 Å². The summed E-state index contributed by atoms with van der Waals surface area (Å²) in [7, 11) is 2.75. The molecule has 2 aromatic carbocycles. The average molecular weight is 376 g/mol. The molecule has 1 aromatic heterocycles. The summed E-state index contributed by atoms with van der Waals surface area (Å²) in [6, 6.07) is 5.85. The molecule has 0 saturated heterocycles. The minimum absolute atomic E-state index is 0.0114. The summed E-state index contributed by atoms with van der Waals surface area (Å²) in [5, 5.41) is 39.4. The summed E-state index contributed by atoms with van der Waals surface area (Å²) in [5.74, 6) is -0.846. The van der Waals surface area contributed by atoms with Gasteiger partial charge in [0.1, 0.15) is 39.2 Å². The van der Waals surface area contributed by atoms with E-state index in [1.165, 1.54) is 38.5 Å². The molecule has 0 fully saturated rings. The summed E-state index contributed by atoms with van der Waals surface area (Å²) in [6.45, 7) is -1.14. The van der Waals surface area contributed by atoms with E-state index < -0.39 is 30.7 Å². The first kappa shape index (κ1) is 19.0. The van der Waals surface area contributed by atoms with E-state index in [2.05, 4.69) is 0 Å². The molecule has 8 nitrogen and oxygen atoms in total. The maximum Gasteiger partial charge on any atom is 0.208 e. The largest absolute Gasteiger partial charge is 0.507 e. The lowest BCUT2D eigenvalue weighted by Crippen LogP contribution is -2.26. The molecule has 3 rings (SSSR count). The first-order valence-electron chi connectivity index (χ1n) is 8.21. The third kappa shape index (κ3) is 2.97. The highest BCUT2D eigenvalue weighted by Crippen LogP contribution is 2.41. The second-order valence-corrected chi connectivity index (χ2v) is 6.02. The van der Waals surface area contributed by atoms with Crippen LogP contribution in [0.4, 0.5) is 0 Å². The van der Waals surface area contributed by atoms with Gasteiger partial charge in [0.15, 0.2) is 0 Å². The van der Waals surface area contributed by atoms with Crippen LogP contribution in [0.2, 0.25) is 0 Å². The van der Waals surface area contributed by atoms with E-state index in [9.17, 15) is 25.2 Å². The Morgan fingerprint density at radius 1 is 1.07 bits per heavy atom. The Morgan fingerprint density at radius 2 is 1.78 bits per heavy atom. The van der Waals surface area contributed by atoms with Crippen molar-refractivity contribution in [2.45, 2.75) is 12.0 Å². The Morgan fingerprint density at radius 3 is 2.37 bits per heavy atom. The Bertz CT molecular complexity index is 1040. The lowest BCUT2D eigenvalue weighted by molar-refractivity contribution is 0.0520. The van der Waals surface area contributed by atoms with E-state index >= 15 is 0 Å². The van der Waals surface area contributed by atoms with Crippen LogP contribution >= 0.6 is 0 Å². The second kappa shape index (κ2) is 7.43. The van der Waals surface area contributed by atoms with Crippen LogP contribution in [-0.4, -0.2) is 54.0 Å². The maximum absolute atomic E-state index is 13.1. The normalized spacial score (nSPS) is 13.7. The van der Waals surface area contributed by atoms with E-state index in [0.717, 1.165) is 0 Å². The first-order valence-corrected chi connectivity index (χ1v) is 8.21. The molecule has 4 N–H and O–H groups in total. The van der Waals surface area contributed by atoms with Crippen molar-refractivity contribution >= 4 is 21.9 Å². The molecule has 0 radical (unpaired) electrons. The molecule has 0 amide bonds. The van der Waals surface area contributed by atoms with Gasteiger partial charge in [-0.1, -0.05) is 6.07 Å². The molecule has 144 valence electrons. The van der Waals surface area contributed by atoms with Gasteiger partial charge in [-0.15, -0.1) is 0 Å². The maximum atomic E-state index is 13.1. The van der Waals surface area contributed by atoms with Crippen LogP contribution in [0.3, 0.4) is 0 Å². The number of aliphatic hydroxyl groups excluding tert-OH is 3. The average Bonchev–Trinajstić information content (AvgIpc) is 2.68. The summed E-state index contributed by atoms with van der Waals surface area (Å²) in [6.07, 6.45) is -1.31. The fourth-order valence-electron chi connectivity index (χ4n) is 3.23. The number of rotatable bonds is 6. The molecule has 2 atom stereocenters. The topological polar surface area (TPSA) is 130 Å². The van der Waals surface area contributed by atoms with Crippen LogP contribution in [0, 0.1) is 0 Å². The van der Waals surface area contributed by atoms with E-state index in [0.29, 0.717) is 0 Å². The zero-order valence-corrected chi connectivity index (χ0v) is 14.8. The van der Waals surface area contributed by atoms with Gasteiger partial charge >= 0.3 is 0 Å². The molecule has 0 aliphatic carbocycles. The van der Waals surface area contributed by atoms with Crippen molar-refractivity contribution < 1.29 is 34.3 Å². The van der Waals surface area contributed by atoms with Crippen LogP contribution < -0.4 is 14.9 Å². The van der Waals surface area contributed by atoms with E-state index in [-0.39, 0.29) is 44.8 Å². The Hall–Kier alpha value is -2.81. The standard InChI is InChI=1S/C19H20O8/c1-25-13-6-14(26-2)17-18(24)16-10(22)4-3-5-12(16)27-19(17)15(13)9(7-20)11(23)8-21/h3-6,9,11,20-23H,7-8H2,1-2H3/t9-,11-/m1/s1. The lowest BCUT2D eigenvalue weighted by atomic mass is 9.91. The number of fused-ring (bicyclic) bond motifs is 2. The smallest absolute Gasteiger partial charge is 0.208 e. The summed E-state index contributed by atoms with van der Waals surface area (Å²) < 4.78 is 16.5. The summed E-state index contributed by atoms with van der Waals surface area (Å²) in [4.78, 5) is 13.1. The molecule has 0 saturated carbocycles. The number of ether oxygens (including phenoxy) is 2. The van der Waals surface area contributed by atoms with Crippen LogP contribution in [0.1, 0.15) is 11.5 Å². The Balaban J connectivity index is 2.55. The molecule has 0 aliphatic heterocycles. The van der Waals surface area contributed by atoms with Gasteiger partial charge in [0.05, 0.1) is 33.5 Å². The number of aliphatic hydroxyl groups is 3. The predicted octanol–water partition coefficient (Wildman–Crippen LogP) is 1.10. The van der Waals surface area contributed by atoms with Crippen LogP contribution in [0.15, 0.2) is 33.5 Å².